The molecule has 0 radical (unpaired) electrons. The largest absolute Gasteiger partial charge is 0.344 e. The molecule has 0 bridgehead atoms. The van der Waals surface area contributed by atoms with Crippen LogP contribution in [0.4, 0.5) is 4.79 Å². The SMILES string of the molecule is C#CCC1NC(=O)N(CC(=O)c2cc(C)n(C3CCS(=O)(=O)C3)c2C)C1=O. The predicted molar refractivity (Wildman–Crippen MR) is 98.0 cm³/mol. The van der Waals surface area contributed by atoms with Gasteiger partial charge in [-0.15, -0.1) is 12.3 Å². The number of nitrogens with zero attached hydrogens (tertiary/aromatic N) is 2. The molecule has 2 atom stereocenters. The van der Waals surface area contributed by atoms with Gasteiger partial charge in [-0.05, 0) is 26.3 Å². The van der Waals surface area contributed by atoms with E-state index in [9.17, 15) is 22.8 Å². The van der Waals surface area contributed by atoms with Crippen molar-refractivity contribution in [1.82, 2.24) is 14.8 Å². The molecule has 144 valence electrons. The summed E-state index contributed by atoms with van der Waals surface area (Å²) in [6.45, 7) is 3.18. The average molecular weight is 391 g/mol. The van der Waals surface area contributed by atoms with Crippen LogP contribution in [0.2, 0.25) is 0 Å². The molecule has 3 heterocycles. The number of sulfone groups is 1. The molecule has 1 aromatic heterocycles. The maximum atomic E-state index is 12.7. The van der Waals surface area contributed by atoms with Crippen LogP contribution in [0.15, 0.2) is 6.07 Å². The molecule has 2 unspecified atom stereocenters. The lowest BCUT2D eigenvalue weighted by atomic mass is 10.1. The van der Waals surface area contributed by atoms with E-state index in [1.165, 1.54) is 0 Å². The number of hydrogen-bond acceptors (Lipinski definition) is 5. The van der Waals surface area contributed by atoms with Crippen molar-refractivity contribution < 1.29 is 22.8 Å². The number of hydrogen-bond donors (Lipinski definition) is 1. The van der Waals surface area contributed by atoms with Gasteiger partial charge in [-0.25, -0.2) is 13.2 Å². The number of carbonyl (C=O) groups excluding carboxylic acids is 3. The fourth-order valence-electron chi connectivity index (χ4n) is 3.81. The molecule has 27 heavy (non-hydrogen) atoms. The molecule has 1 aromatic rings. The Morgan fingerprint density at radius 3 is 2.67 bits per heavy atom. The van der Waals surface area contributed by atoms with E-state index in [1.807, 2.05) is 11.5 Å². The quantitative estimate of drug-likeness (QED) is 0.449. The smallest absolute Gasteiger partial charge is 0.325 e. The second-order valence-electron chi connectivity index (χ2n) is 6.97. The molecule has 2 aliphatic rings. The van der Waals surface area contributed by atoms with E-state index in [1.54, 1.807) is 13.0 Å². The van der Waals surface area contributed by atoms with E-state index in [0.717, 1.165) is 10.6 Å². The zero-order valence-corrected chi connectivity index (χ0v) is 16.0. The van der Waals surface area contributed by atoms with Gasteiger partial charge in [0, 0.05) is 29.4 Å². The summed E-state index contributed by atoms with van der Waals surface area (Å²) in [5.74, 6) is 1.63. The van der Waals surface area contributed by atoms with Gasteiger partial charge in [0.2, 0.25) is 0 Å². The van der Waals surface area contributed by atoms with Crippen LogP contribution in [0.3, 0.4) is 0 Å². The summed E-state index contributed by atoms with van der Waals surface area (Å²) in [5, 5.41) is 2.47. The van der Waals surface area contributed by atoms with Crippen LogP contribution in [-0.2, 0) is 14.6 Å². The van der Waals surface area contributed by atoms with Crippen molar-refractivity contribution in [2.24, 2.45) is 0 Å². The first-order chi connectivity index (χ1) is 12.6. The summed E-state index contributed by atoms with van der Waals surface area (Å²) in [6, 6.07) is 0.0453. The topological polar surface area (TPSA) is 106 Å². The molecule has 8 nitrogen and oxygen atoms in total. The number of nitrogens with one attached hydrogen (secondary N) is 1. The first-order valence-electron chi connectivity index (χ1n) is 8.62. The number of ketones is 1. The van der Waals surface area contributed by atoms with Crippen LogP contribution in [0.1, 0.15) is 40.6 Å². The van der Waals surface area contributed by atoms with Crippen LogP contribution in [0.5, 0.6) is 0 Å². The minimum Gasteiger partial charge on any atom is -0.344 e. The molecule has 0 spiro atoms. The average Bonchev–Trinajstić information content (AvgIpc) is 3.17. The number of aryl methyl sites for hydroxylation is 1. The molecule has 2 aliphatic heterocycles. The highest BCUT2D eigenvalue weighted by Crippen LogP contribution is 2.29. The van der Waals surface area contributed by atoms with Crippen LogP contribution < -0.4 is 5.32 Å². The standard InChI is InChI=1S/C18H21N3O5S/c1-4-5-15-17(23)20(18(24)19-15)9-16(22)14-8-11(2)21(12(14)3)13-6-7-27(25,26)10-13/h1,8,13,15H,5-7,9-10H2,2-3H3,(H,19,24). The summed E-state index contributed by atoms with van der Waals surface area (Å²) >= 11 is 0. The van der Waals surface area contributed by atoms with Gasteiger partial charge in [0.25, 0.3) is 5.91 Å². The van der Waals surface area contributed by atoms with Crippen LogP contribution >= 0.6 is 0 Å². The highest BCUT2D eigenvalue weighted by Gasteiger charge is 2.39. The van der Waals surface area contributed by atoms with Gasteiger partial charge in [0.1, 0.15) is 6.04 Å². The van der Waals surface area contributed by atoms with Crippen molar-refractivity contribution >= 4 is 27.6 Å². The molecule has 9 heteroatoms. The van der Waals surface area contributed by atoms with Crippen LogP contribution in [0, 0.1) is 26.2 Å². The van der Waals surface area contributed by atoms with Crippen molar-refractivity contribution in [3.05, 3.63) is 23.0 Å². The Balaban J connectivity index is 1.81. The molecular formula is C18H21N3O5S. The first-order valence-corrected chi connectivity index (χ1v) is 10.4. The molecule has 0 aromatic carbocycles. The number of rotatable bonds is 5. The minimum absolute atomic E-state index is 0.0533. The molecule has 1 N–H and O–H groups in total. The third-order valence-electron chi connectivity index (χ3n) is 5.09. The molecule has 3 amide bonds. The van der Waals surface area contributed by atoms with Crippen LogP contribution in [-0.4, -0.2) is 59.7 Å². The zero-order valence-electron chi connectivity index (χ0n) is 15.2. The Kier molecular flexibility index (Phi) is 4.86. The Hall–Kier alpha value is -2.60. The molecule has 3 rings (SSSR count). The van der Waals surface area contributed by atoms with E-state index in [4.69, 9.17) is 6.42 Å². The summed E-state index contributed by atoms with van der Waals surface area (Å²) in [6.07, 6.45) is 5.76. The highest BCUT2D eigenvalue weighted by molar-refractivity contribution is 7.91. The number of carbonyl (C=O) groups is 3. The number of Topliss-reactive ketones (excluding diaryl/α,β-unsaturated/α-hetero) is 1. The number of imide groups is 1. The third kappa shape index (κ3) is 3.49. The molecular weight excluding hydrogens is 370 g/mol. The zero-order chi connectivity index (χ0) is 19.9. The van der Waals surface area contributed by atoms with Gasteiger partial charge in [0.05, 0.1) is 18.1 Å². The van der Waals surface area contributed by atoms with E-state index in [2.05, 4.69) is 11.2 Å². The summed E-state index contributed by atoms with van der Waals surface area (Å²) in [5.41, 5.74) is 1.81. The van der Waals surface area contributed by atoms with Gasteiger partial charge >= 0.3 is 6.03 Å². The lowest BCUT2D eigenvalue weighted by Crippen LogP contribution is -2.36. The Bertz CT molecular complexity index is 970. The van der Waals surface area contributed by atoms with Crippen molar-refractivity contribution in [3.8, 4) is 12.3 Å². The molecule has 0 saturated carbocycles. The normalized spacial score (nSPS) is 24.1. The van der Waals surface area contributed by atoms with E-state index >= 15 is 0 Å². The second-order valence-corrected chi connectivity index (χ2v) is 9.20. The molecule has 2 saturated heterocycles. The Morgan fingerprint density at radius 1 is 1.37 bits per heavy atom. The van der Waals surface area contributed by atoms with Gasteiger partial charge in [-0.3, -0.25) is 14.5 Å². The number of terminal acetylenes is 1. The van der Waals surface area contributed by atoms with Crippen molar-refractivity contribution in [2.45, 2.75) is 38.8 Å². The first kappa shape index (κ1) is 19.2. The van der Waals surface area contributed by atoms with E-state index < -0.39 is 27.8 Å². The molecule has 0 aliphatic carbocycles. The fourth-order valence-corrected chi connectivity index (χ4v) is 5.51. The fraction of sp³-hybridized carbons (Fsp3) is 0.500. The van der Waals surface area contributed by atoms with Crippen molar-refractivity contribution in [2.75, 3.05) is 18.1 Å². The highest BCUT2D eigenvalue weighted by atomic mass is 32.2. The predicted octanol–water partition coefficient (Wildman–Crippen LogP) is 0.591. The number of aromatic nitrogens is 1. The van der Waals surface area contributed by atoms with Crippen LogP contribution in [0.25, 0.3) is 0 Å². The maximum absolute atomic E-state index is 12.7. The van der Waals surface area contributed by atoms with Gasteiger partial charge in [0.15, 0.2) is 15.6 Å². The van der Waals surface area contributed by atoms with E-state index in [0.29, 0.717) is 17.7 Å². The lowest BCUT2D eigenvalue weighted by molar-refractivity contribution is -0.127. The molecule has 2 fully saturated rings. The second kappa shape index (κ2) is 6.85. The Morgan fingerprint density at radius 2 is 2.07 bits per heavy atom. The van der Waals surface area contributed by atoms with Crippen molar-refractivity contribution in [1.29, 1.82) is 0 Å². The maximum Gasteiger partial charge on any atom is 0.325 e. The van der Waals surface area contributed by atoms with E-state index in [-0.39, 0.29) is 36.3 Å². The minimum atomic E-state index is -3.06. The third-order valence-corrected chi connectivity index (χ3v) is 6.84. The lowest BCUT2D eigenvalue weighted by Gasteiger charge is -2.16. The summed E-state index contributed by atoms with van der Waals surface area (Å²) < 4.78 is 25.4. The van der Waals surface area contributed by atoms with Gasteiger partial charge < -0.3 is 9.88 Å². The van der Waals surface area contributed by atoms with Gasteiger partial charge in [-0.2, -0.15) is 0 Å². The summed E-state index contributed by atoms with van der Waals surface area (Å²) in [4.78, 5) is 37.8. The monoisotopic (exact) mass is 391 g/mol. The number of urea groups is 1. The number of amides is 3. The summed E-state index contributed by atoms with van der Waals surface area (Å²) in [7, 11) is -3.06. The Labute approximate surface area is 157 Å². The van der Waals surface area contributed by atoms with Gasteiger partial charge in [-0.1, -0.05) is 0 Å². The van der Waals surface area contributed by atoms with Crippen molar-refractivity contribution in [3.63, 3.8) is 0 Å².